The predicted octanol–water partition coefficient (Wildman–Crippen LogP) is 2.43. The maximum absolute atomic E-state index is 12.6. The van der Waals surface area contributed by atoms with Crippen LogP contribution in [0.2, 0.25) is 5.02 Å². The number of anilines is 1. The Morgan fingerprint density at radius 2 is 1.96 bits per heavy atom. The van der Waals surface area contributed by atoms with Crippen molar-refractivity contribution in [1.82, 2.24) is 10.2 Å². The number of hydrogen-bond donors (Lipinski definition) is 1. The van der Waals surface area contributed by atoms with Crippen molar-refractivity contribution in [2.75, 3.05) is 31.1 Å². The molecule has 0 saturated carbocycles. The van der Waals surface area contributed by atoms with E-state index in [2.05, 4.69) is 5.32 Å². The zero-order chi connectivity index (χ0) is 19.4. The minimum atomic E-state index is -0.392. The van der Waals surface area contributed by atoms with Gasteiger partial charge in [-0.3, -0.25) is 9.59 Å². The third-order valence-corrected chi connectivity index (χ3v) is 5.33. The van der Waals surface area contributed by atoms with E-state index in [1.54, 1.807) is 34.9 Å². The minimum absolute atomic E-state index is 0.00708. The summed E-state index contributed by atoms with van der Waals surface area (Å²) in [6.45, 7) is 3.57. The molecule has 1 unspecified atom stereocenters. The van der Waals surface area contributed by atoms with E-state index >= 15 is 0 Å². The summed E-state index contributed by atoms with van der Waals surface area (Å²) >= 11 is 6.18. The molecule has 0 aromatic heterocycles. The van der Waals surface area contributed by atoms with Crippen LogP contribution in [0.25, 0.3) is 0 Å². The monoisotopic (exact) mass is 393 g/mol. The molecule has 2 aliphatic rings. The SMILES string of the molecule is CCOC(=O)N1CCC(NC(=O)C2CC(=O)N(c3ccccc3Cl)C2)CC1. The first-order valence-electron chi connectivity index (χ1n) is 9.26. The van der Waals surface area contributed by atoms with Crippen molar-refractivity contribution in [3.8, 4) is 0 Å². The van der Waals surface area contributed by atoms with Crippen LogP contribution >= 0.6 is 11.6 Å². The van der Waals surface area contributed by atoms with Crippen LogP contribution in [-0.4, -0.2) is 55.1 Å². The molecule has 1 aromatic carbocycles. The van der Waals surface area contributed by atoms with Crippen molar-refractivity contribution in [3.63, 3.8) is 0 Å². The van der Waals surface area contributed by atoms with Gasteiger partial charge in [0.25, 0.3) is 0 Å². The van der Waals surface area contributed by atoms with Crippen molar-refractivity contribution in [2.45, 2.75) is 32.2 Å². The molecular weight excluding hydrogens is 370 g/mol. The lowest BCUT2D eigenvalue weighted by Crippen LogP contribution is -2.48. The molecule has 2 fully saturated rings. The lowest BCUT2D eigenvalue weighted by atomic mass is 10.0. The number of rotatable bonds is 4. The van der Waals surface area contributed by atoms with Gasteiger partial charge in [0.1, 0.15) is 0 Å². The Bertz CT molecular complexity index is 719. The summed E-state index contributed by atoms with van der Waals surface area (Å²) in [7, 11) is 0. The number of carbonyl (C=O) groups is 3. The van der Waals surface area contributed by atoms with E-state index in [4.69, 9.17) is 16.3 Å². The summed E-state index contributed by atoms with van der Waals surface area (Å²) < 4.78 is 5.00. The fraction of sp³-hybridized carbons (Fsp3) is 0.526. The highest BCUT2D eigenvalue weighted by molar-refractivity contribution is 6.33. The number of hydrogen-bond acceptors (Lipinski definition) is 4. The van der Waals surface area contributed by atoms with E-state index in [1.165, 1.54) is 0 Å². The molecular formula is C19H24ClN3O4. The molecule has 3 rings (SSSR count). The number of likely N-dealkylation sites (tertiary alicyclic amines) is 1. The van der Waals surface area contributed by atoms with Gasteiger partial charge in [0.2, 0.25) is 11.8 Å². The highest BCUT2D eigenvalue weighted by Crippen LogP contribution is 2.31. The highest BCUT2D eigenvalue weighted by Gasteiger charge is 2.37. The van der Waals surface area contributed by atoms with Gasteiger partial charge in [-0.05, 0) is 31.9 Å². The molecule has 146 valence electrons. The largest absolute Gasteiger partial charge is 0.450 e. The Kier molecular flexibility index (Phi) is 6.21. The molecule has 3 amide bonds. The van der Waals surface area contributed by atoms with Crippen molar-refractivity contribution in [3.05, 3.63) is 29.3 Å². The van der Waals surface area contributed by atoms with Crippen LogP contribution in [0.1, 0.15) is 26.2 Å². The van der Waals surface area contributed by atoms with Gasteiger partial charge in [0, 0.05) is 32.1 Å². The van der Waals surface area contributed by atoms with Gasteiger partial charge in [0.05, 0.1) is 23.2 Å². The number of benzene rings is 1. The molecule has 0 spiro atoms. The maximum atomic E-state index is 12.6. The third-order valence-electron chi connectivity index (χ3n) is 5.01. The molecule has 2 heterocycles. The first kappa shape index (κ1) is 19.5. The van der Waals surface area contributed by atoms with E-state index in [1.807, 2.05) is 6.07 Å². The van der Waals surface area contributed by atoms with Crippen LogP contribution in [0.15, 0.2) is 24.3 Å². The van der Waals surface area contributed by atoms with Gasteiger partial charge >= 0.3 is 6.09 Å². The van der Waals surface area contributed by atoms with E-state index in [9.17, 15) is 14.4 Å². The van der Waals surface area contributed by atoms with Crippen LogP contribution in [0.5, 0.6) is 0 Å². The van der Waals surface area contributed by atoms with Crippen LogP contribution in [0.4, 0.5) is 10.5 Å². The summed E-state index contributed by atoms with van der Waals surface area (Å²) in [5.41, 5.74) is 0.641. The normalized spacial score (nSPS) is 20.7. The number of carbonyl (C=O) groups excluding carboxylic acids is 3. The average molecular weight is 394 g/mol. The summed E-state index contributed by atoms with van der Waals surface area (Å²) in [5.74, 6) is -0.607. The van der Waals surface area contributed by atoms with E-state index in [0.717, 1.165) is 0 Å². The summed E-state index contributed by atoms with van der Waals surface area (Å²) in [5, 5.41) is 3.53. The molecule has 1 atom stereocenters. The minimum Gasteiger partial charge on any atom is -0.450 e. The Morgan fingerprint density at radius 3 is 2.63 bits per heavy atom. The maximum Gasteiger partial charge on any atom is 0.409 e. The zero-order valence-electron chi connectivity index (χ0n) is 15.3. The standard InChI is InChI=1S/C19H24ClN3O4/c1-2-27-19(26)22-9-7-14(8-10-22)21-18(25)13-11-17(24)23(12-13)16-6-4-3-5-15(16)20/h3-6,13-14H,2,7-12H2,1H3,(H,21,25). The second kappa shape index (κ2) is 8.61. The Labute approximate surface area is 163 Å². The average Bonchev–Trinajstić information content (AvgIpc) is 3.04. The Balaban J connectivity index is 1.52. The van der Waals surface area contributed by atoms with Gasteiger partial charge in [-0.15, -0.1) is 0 Å². The molecule has 27 heavy (non-hydrogen) atoms. The van der Waals surface area contributed by atoms with Gasteiger partial charge in [-0.25, -0.2) is 4.79 Å². The summed E-state index contributed by atoms with van der Waals surface area (Å²) in [6, 6.07) is 7.14. The van der Waals surface area contributed by atoms with E-state index in [0.29, 0.717) is 49.8 Å². The van der Waals surface area contributed by atoms with Crippen LogP contribution < -0.4 is 10.2 Å². The van der Waals surface area contributed by atoms with Gasteiger partial charge in [-0.1, -0.05) is 23.7 Å². The number of piperidine rings is 1. The summed E-state index contributed by atoms with van der Waals surface area (Å²) in [4.78, 5) is 39.9. The second-order valence-electron chi connectivity index (χ2n) is 6.83. The molecule has 2 aliphatic heterocycles. The molecule has 1 N–H and O–H groups in total. The van der Waals surface area contributed by atoms with Gasteiger partial charge in [-0.2, -0.15) is 0 Å². The number of ether oxygens (including phenoxy) is 1. The predicted molar refractivity (Wildman–Crippen MR) is 102 cm³/mol. The molecule has 0 radical (unpaired) electrons. The van der Waals surface area contributed by atoms with Gasteiger partial charge in [0.15, 0.2) is 0 Å². The Morgan fingerprint density at radius 1 is 1.26 bits per heavy atom. The third kappa shape index (κ3) is 4.53. The molecule has 0 bridgehead atoms. The fourth-order valence-corrected chi connectivity index (χ4v) is 3.76. The lowest BCUT2D eigenvalue weighted by molar-refractivity contribution is -0.127. The Hall–Kier alpha value is -2.28. The van der Waals surface area contributed by atoms with E-state index < -0.39 is 5.92 Å². The number of nitrogens with zero attached hydrogens (tertiary/aromatic N) is 2. The van der Waals surface area contributed by atoms with Gasteiger partial charge < -0.3 is 19.9 Å². The molecule has 8 heteroatoms. The first-order chi connectivity index (χ1) is 13.0. The summed E-state index contributed by atoms with van der Waals surface area (Å²) in [6.07, 6.45) is 1.23. The first-order valence-corrected chi connectivity index (χ1v) is 9.64. The van der Waals surface area contributed by atoms with E-state index in [-0.39, 0.29) is 30.4 Å². The number of para-hydroxylation sites is 1. The number of amides is 3. The smallest absolute Gasteiger partial charge is 0.409 e. The van der Waals surface area contributed by atoms with Crippen molar-refractivity contribution in [1.29, 1.82) is 0 Å². The van der Waals surface area contributed by atoms with Crippen molar-refractivity contribution >= 4 is 35.2 Å². The van der Waals surface area contributed by atoms with Crippen LogP contribution in [0, 0.1) is 5.92 Å². The quantitative estimate of drug-likeness (QED) is 0.852. The highest BCUT2D eigenvalue weighted by atomic mass is 35.5. The van der Waals surface area contributed by atoms with Crippen molar-refractivity contribution < 1.29 is 19.1 Å². The number of halogens is 1. The molecule has 7 nitrogen and oxygen atoms in total. The molecule has 2 saturated heterocycles. The van der Waals surface area contributed by atoms with Crippen molar-refractivity contribution in [2.24, 2.45) is 5.92 Å². The zero-order valence-corrected chi connectivity index (χ0v) is 16.1. The molecule has 0 aliphatic carbocycles. The molecule has 1 aromatic rings. The second-order valence-corrected chi connectivity index (χ2v) is 7.23. The topological polar surface area (TPSA) is 79.0 Å². The number of nitrogens with one attached hydrogen (secondary N) is 1. The lowest BCUT2D eigenvalue weighted by Gasteiger charge is -2.32. The van der Waals surface area contributed by atoms with Crippen LogP contribution in [-0.2, 0) is 14.3 Å². The fourth-order valence-electron chi connectivity index (χ4n) is 3.53. The van der Waals surface area contributed by atoms with Crippen LogP contribution in [0.3, 0.4) is 0 Å².